The fourth-order valence-corrected chi connectivity index (χ4v) is 3.43. The minimum absolute atomic E-state index is 0.0663. The van der Waals surface area contributed by atoms with Gasteiger partial charge in [0.05, 0.1) is 6.61 Å². The number of benzene rings is 2. The summed E-state index contributed by atoms with van der Waals surface area (Å²) in [6.07, 6.45) is 6.69. The summed E-state index contributed by atoms with van der Waals surface area (Å²) in [4.78, 5) is 19.0. The highest BCUT2D eigenvalue weighted by molar-refractivity contribution is 6.32. The molecule has 6 heteroatoms. The van der Waals surface area contributed by atoms with Crippen LogP contribution in [0.2, 0.25) is 5.02 Å². The Morgan fingerprint density at radius 3 is 2.56 bits per heavy atom. The van der Waals surface area contributed by atoms with Gasteiger partial charge in [0.25, 0.3) is 0 Å². The quantitative estimate of drug-likeness (QED) is 0.388. The van der Waals surface area contributed by atoms with Crippen molar-refractivity contribution in [2.75, 3.05) is 13.7 Å². The molecule has 3 rings (SSSR count). The molecule has 0 saturated carbocycles. The number of methoxy groups -OCH3 is 1. The van der Waals surface area contributed by atoms with E-state index < -0.39 is 0 Å². The molecule has 0 spiro atoms. The number of nitrogens with zero attached hydrogens (tertiary/aromatic N) is 2. The number of carbonyl (C=O) groups excluding carboxylic acids is 1. The summed E-state index contributed by atoms with van der Waals surface area (Å²) in [5, 5.41) is 0.604. The number of ether oxygens (including phenoxy) is 2. The first-order valence-corrected chi connectivity index (χ1v) is 10.8. The van der Waals surface area contributed by atoms with Gasteiger partial charge in [0.1, 0.15) is 11.9 Å². The van der Waals surface area contributed by atoms with E-state index in [0.29, 0.717) is 24.7 Å². The summed E-state index contributed by atoms with van der Waals surface area (Å²) in [6.45, 7) is 3.35. The molecular formula is C26H27ClN2O3. The first-order chi connectivity index (χ1) is 15.5. The molecule has 0 aliphatic carbocycles. The van der Waals surface area contributed by atoms with E-state index in [-0.39, 0.29) is 12.0 Å². The van der Waals surface area contributed by atoms with Gasteiger partial charge in [-0.15, -0.1) is 0 Å². The fourth-order valence-electron chi connectivity index (χ4n) is 3.24. The van der Waals surface area contributed by atoms with Gasteiger partial charge in [0.2, 0.25) is 5.91 Å². The lowest BCUT2D eigenvalue weighted by Crippen LogP contribution is -2.28. The van der Waals surface area contributed by atoms with Crippen LogP contribution < -0.4 is 4.74 Å². The molecule has 1 aromatic heterocycles. The lowest BCUT2D eigenvalue weighted by Gasteiger charge is -2.22. The van der Waals surface area contributed by atoms with Crippen LogP contribution in [0.4, 0.5) is 0 Å². The van der Waals surface area contributed by atoms with Gasteiger partial charge < -0.3 is 14.4 Å². The molecule has 0 bridgehead atoms. The summed E-state index contributed by atoms with van der Waals surface area (Å²) in [7, 11) is 1.65. The third-order valence-corrected chi connectivity index (χ3v) is 5.10. The van der Waals surface area contributed by atoms with Crippen molar-refractivity contribution < 1.29 is 14.3 Å². The Morgan fingerprint density at radius 1 is 1.06 bits per heavy atom. The summed E-state index contributed by atoms with van der Waals surface area (Å²) in [5.41, 5.74) is 2.77. The second-order valence-corrected chi connectivity index (χ2v) is 7.84. The van der Waals surface area contributed by atoms with Crippen LogP contribution in [0.3, 0.4) is 0 Å². The predicted molar refractivity (Wildman–Crippen MR) is 127 cm³/mol. The molecular weight excluding hydrogens is 424 g/mol. The molecule has 1 amide bonds. The lowest BCUT2D eigenvalue weighted by molar-refractivity contribution is -0.127. The molecule has 0 radical (unpaired) electrons. The van der Waals surface area contributed by atoms with Gasteiger partial charge in [-0.2, -0.15) is 0 Å². The molecule has 0 saturated heterocycles. The zero-order valence-corrected chi connectivity index (χ0v) is 19.0. The largest absolute Gasteiger partial charge is 0.488 e. The van der Waals surface area contributed by atoms with Crippen molar-refractivity contribution in [2.45, 2.75) is 26.1 Å². The van der Waals surface area contributed by atoms with Crippen LogP contribution in [-0.2, 0) is 22.6 Å². The van der Waals surface area contributed by atoms with Gasteiger partial charge in [-0.3, -0.25) is 9.78 Å². The van der Waals surface area contributed by atoms with E-state index in [1.165, 1.54) is 0 Å². The highest BCUT2D eigenvalue weighted by atomic mass is 35.5. The zero-order chi connectivity index (χ0) is 22.8. The Balaban J connectivity index is 1.78. The Labute approximate surface area is 194 Å². The van der Waals surface area contributed by atoms with E-state index in [2.05, 4.69) is 4.98 Å². The Hall–Kier alpha value is -3.15. The molecule has 1 heterocycles. The lowest BCUT2D eigenvalue weighted by atomic mass is 10.1. The molecule has 1 atom stereocenters. The van der Waals surface area contributed by atoms with Gasteiger partial charge in [0.15, 0.2) is 0 Å². The molecule has 166 valence electrons. The van der Waals surface area contributed by atoms with Crippen LogP contribution in [0, 0.1) is 0 Å². The van der Waals surface area contributed by atoms with Crippen molar-refractivity contribution in [3.05, 3.63) is 101 Å². The number of hydrogen-bond donors (Lipinski definition) is 0. The van der Waals surface area contributed by atoms with Gasteiger partial charge in [0, 0.05) is 43.7 Å². The maximum Gasteiger partial charge on any atom is 0.247 e. The van der Waals surface area contributed by atoms with E-state index in [9.17, 15) is 4.79 Å². The van der Waals surface area contributed by atoms with Gasteiger partial charge in [-0.05, 0) is 60.0 Å². The van der Waals surface area contributed by atoms with Crippen LogP contribution in [-0.4, -0.2) is 35.6 Å². The topological polar surface area (TPSA) is 51.7 Å². The molecule has 0 unspecified atom stereocenters. The fraction of sp³-hybridized carbons (Fsp3) is 0.231. The Kier molecular flexibility index (Phi) is 8.84. The molecule has 32 heavy (non-hydrogen) atoms. The average molecular weight is 451 g/mol. The first-order valence-electron chi connectivity index (χ1n) is 10.4. The normalized spacial score (nSPS) is 12.0. The van der Waals surface area contributed by atoms with Gasteiger partial charge in [-0.25, -0.2) is 0 Å². The maximum atomic E-state index is 13.1. The Bertz CT molecular complexity index is 1040. The summed E-state index contributed by atoms with van der Waals surface area (Å²) >= 11 is 6.22. The van der Waals surface area contributed by atoms with Crippen molar-refractivity contribution >= 4 is 23.6 Å². The average Bonchev–Trinajstić information content (AvgIpc) is 2.79. The predicted octanol–water partition coefficient (Wildman–Crippen LogP) is 5.39. The summed E-state index contributed by atoms with van der Waals surface area (Å²) in [6, 6.07) is 19.0. The number of rotatable bonds is 10. The smallest absolute Gasteiger partial charge is 0.247 e. The molecule has 2 aromatic carbocycles. The SMILES string of the molecule is COC[C@@H](C)Oc1cccc(CN(Cc2ccncc2)C(=O)/C=C/c2ccccc2Cl)c1. The van der Waals surface area contributed by atoms with Crippen molar-refractivity contribution in [3.8, 4) is 5.75 Å². The van der Waals surface area contributed by atoms with Crippen molar-refractivity contribution in [1.29, 1.82) is 0 Å². The summed E-state index contributed by atoms with van der Waals surface area (Å²) in [5.74, 6) is 0.635. The van der Waals surface area contributed by atoms with Crippen LogP contribution in [0.15, 0.2) is 79.1 Å². The van der Waals surface area contributed by atoms with Crippen molar-refractivity contribution in [2.24, 2.45) is 0 Å². The van der Waals surface area contributed by atoms with Crippen LogP contribution in [0.1, 0.15) is 23.6 Å². The number of aromatic nitrogens is 1. The zero-order valence-electron chi connectivity index (χ0n) is 18.3. The molecule has 5 nitrogen and oxygen atoms in total. The summed E-state index contributed by atoms with van der Waals surface area (Å²) < 4.78 is 11.0. The maximum absolute atomic E-state index is 13.1. The Morgan fingerprint density at radius 2 is 1.81 bits per heavy atom. The van der Waals surface area contributed by atoms with E-state index in [0.717, 1.165) is 22.4 Å². The number of carbonyl (C=O) groups is 1. The molecule has 0 N–H and O–H groups in total. The minimum atomic E-state index is -0.110. The first kappa shape index (κ1) is 23.5. The van der Waals surface area contributed by atoms with Crippen LogP contribution in [0.5, 0.6) is 5.75 Å². The van der Waals surface area contributed by atoms with E-state index in [1.54, 1.807) is 42.6 Å². The minimum Gasteiger partial charge on any atom is -0.488 e. The van der Waals surface area contributed by atoms with Crippen molar-refractivity contribution in [1.82, 2.24) is 9.88 Å². The number of amides is 1. The molecule has 3 aromatic rings. The second-order valence-electron chi connectivity index (χ2n) is 7.44. The molecule has 0 aliphatic rings. The number of pyridine rings is 1. The standard InChI is InChI=1S/C26H27ClN2O3/c1-20(19-31-2)32-24-8-5-6-22(16-24)18-29(17-21-12-14-28-15-13-21)26(30)11-10-23-7-3-4-9-25(23)27/h3-16,20H,17-19H2,1-2H3/b11-10+/t20-/m1/s1. The molecule has 0 fully saturated rings. The van der Waals surface area contributed by atoms with Gasteiger partial charge >= 0.3 is 0 Å². The van der Waals surface area contributed by atoms with Crippen molar-refractivity contribution in [3.63, 3.8) is 0 Å². The third-order valence-electron chi connectivity index (χ3n) is 4.76. The monoisotopic (exact) mass is 450 g/mol. The highest BCUT2D eigenvalue weighted by Gasteiger charge is 2.14. The number of hydrogen-bond acceptors (Lipinski definition) is 4. The van der Waals surface area contributed by atoms with Gasteiger partial charge in [-0.1, -0.05) is 41.9 Å². The highest BCUT2D eigenvalue weighted by Crippen LogP contribution is 2.19. The van der Waals surface area contributed by atoms with E-state index >= 15 is 0 Å². The second kappa shape index (κ2) is 12.0. The van der Waals surface area contributed by atoms with Crippen LogP contribution in [0.25, 0.3) is 6.08 Å². The van der Waals surface area contributed by atoms with E-state index in [1.807, 2.05) is 61.5 Å². The third kappa shape index (κ3) is 7.22. The van der Waals surface area contributed by atoms with Crippen LogP contribution >= 0.6 is 11.6 Å². The van der Waals surface area contributed by atoms with E-state index in [4.69, 9.17) is 21.1 Å². The number of halogens is 1. The molecule has 0 aliphatic heterocycles.